The Kier molecular flexibility index (Phi) is 17.1. The van der Waals surface area contributed by atoms with Crippen molar-refractivity contribution in [2.45, 2.75) is 172 Å². The van der Waals surface area contributed by atoms with Crippen LogP contribution in [0.1, 0.15) is 0 Å². The lowest BCUT2D eigenvalue weighted by Gasteiger charge is -2.46. The predicted molar refractivity (Wildman–Crippen MR) is 190 cm³/mol. The molecule has 7 saturated heterocycles. The van der Waals surface area contributed by atoms with Crippen LogP contribution in [0.5, 0.6) is 0 Å². The van der Waals surface area contributed by atoms with Crippen LogP contribution in [0.15, 0.2) is 0 Å². The van der Waals surface area contributed by atoms with Gasteiger partial charge in [-0.15, -0.1) is 0 Å². The molecule has 0 radical (unpaired) electrons. The standard InChI is InChI=1S/C35H58O29/c36-8-1-53-34(23(46)15(8)38)64-28-16(39)9(37)2-54-35(28)63-14-7-58-33(27(50)21(14)44)62-13-6-57-32(26(49)20(13)43)61-12-5-56-31(25(48)19(12)42)60-11-4-55-30(24(47)18(11)41)59-10-3-52-29(51)22(45)17(10)40/h8-51H,1-7H2/t8-,9+,10+,11+,12+,13+,14+,15-,16-,17-,18-,19-,20-,21-,22+,23+,24+,25+,26+,27+,28+,29+,30-,31-,32-,33-,34-,35-/m0/s1. The molecule has 28 atom stereocenters. The third kappa shape index (κ3) is 10.8. The molecule has 29 nitrogen and oxygen atoms in total. The van der Waals surface area contributed by atoms with Gasteiger partial charge in [-0.1, -0.05) is 0 Å². The molecule has 0 aromatic rings. The molecule has 0 saturated carbocycles. The molecule has 0 aliphatic carbocycles. The Morgan fingerprint density at radius 2 is 0.500 bits per heavy atom. The Hall–Kier alpha value is -1.16. The van der Waals surface area contributed by atoms with Gasteiger partial charge >= 0.3 is 0 Å². The van der Waals surface area contributed by atoms with Crippen LogP contribution >= 0.6 is 0 Å². The number of ether oxygens (including phenoxy) is 13. The summed E-state index contributed by atoms with van der Waals surface area (Å²) in [4.78, 5) is 0. The maximum absolute atomic E-state index is 11.0. The fourth-order valence-corrected chi connectivity index (χ4v) is 7.87. The first-order valence-corrected chi connectivity index (χ1v) is 20.5. The Balaban J connectivity index is 0.853. The van der Waals surface area contributed by atoms with E-state index in [1.807, 2.05) is 0 Å². The largest absolute Gasteiger partial charge is 0.388 e. The van der Waals surface area contributed by atoms with Crippen molar-refractivity contribution in [2.24, 2.45) is 0 Å². The lowest BCUT2D eigenvalue weighted by atomic mass is 10.0. The Labute approximate surface area is 361 Å². The quantitative estimate of drug-likeness (QED) is 0.0864. The summed E-state index contributed by atoms with van der Waals surface area (Å²) < 4.78 is 71.1. The van der Waals surface area contributed by atoms with E-state index in [2.05, 4.69) is 0 Å². The van der Waals surface area contributed by atoms with Crippen molar-refractivity contribution < 1.29 is 143 Å². The van der Waals surface area contributed by atoms with Gasteiger partial charge in [-0.25, -0.2) is 0 Å². The predicted octanol–water partition coefficient (Wildman–Crippen LogP) is -11.8. The minimum atomic E-state index is -1.88. The zero-order valence-corrected chi connectivity index (χ0v) is 33.6. The van der Waals surface area contributed by atoms with Crippen molar-refractivity contribution >= 4 is 0 Å². The van der Waals surface area contributed by atoms with Gasteiger partial charge in [0.15, 0.2) is 44.0 Å². The maximum atomic E-state index is 11.0. The number of hydrogen-bond donors (Lipinski definition) is 16. The van der Waals surface area contributed by atoms with Gasteiger partial charge in [-0.3, -0.25) is 0 Å². The van der Waals surface area contributed by atoms with E-state index in [4.69, 9.17) is 61.6 Å². The fourth-order valence-electron chi connectivity index (χ4n) is 7.87. The van der Waals surface area contributed by atoms with Crippen LogP contribution in [0.3, 0.4) is 0 Å². The van der Waals surface area contributed by atoms with E-state index < -0.39 is 212 Å². The zero-order valence-electron chi connectivity index (χ0n) is 33.6. The number of hydrogen-bond acceptors (Lipinski definition) is 29. The molecule has 0 unspecified atom stereocenters. The third-order valence-electron chi connectivity index (χ3n) is 11.9. The van der Waals surface area contributed by atoms with E-state index in [1.54, 1.807) is 0 Å². The number of aliphatic hydroxyl groups is 16. The summed E-state index contributed by atoms with van der Waals surface area (Å²) in [6, 6.07) is 0. The van der Waals surface area contributed by atoms with Crippen LogP contribution in [-0.2, 0) is 61.6 Å². The minimum Gasteiger partial charge on any atom is -0.388 e. The fraction of sp³-hybridized carbons (Fsp3) is 1.00. The second-order valence-electron chi connectivity index (χ2n) is 16.4. The molecule has 372 valence electrons. The first kappa shape index (κ1) is 50.7. The van der Waals surface area contributed by atoms with Gasteiger partial charge in [0.25, 0.3) is 0 Å². The van der Waals surface area contributed by atoms with Crippen LogP contribution < -0.4 is 0 Å². The Morgan fingerprint density at radius 1 is 0.234 bits per heavy atom. The summed E-state index contributed by atoms with van der Waals surface area (Å²) >= 11 is 0. The van der Waals surface area contributed by atoms with Gasteiger partial charge in [0.05, 0.1) is 46.2 Å². The highest BCUT2D eigenvalue weighted by atomic mass is 16.8. The summed E-state index contributed by atoms with van der Waals surface area (Å²) in [6.07, 6.45) is -45.6. The summed E-state index contributed by atoms with van der Waals surface area (Å²) in [7, 11) is 0. The molecule has 0 aromatic carbocycles. The van der Waals surface area contributed by atoms with E-state index >= 15 is 0 Å². The lowest BCUT2D eigenvalue weighted by molar-refractivity contribution is -0.372. The van der Waals surface area contributed by atoms with Gasteiger partial charge in [0, 0.05) is 0 Å². The third-order valence-corrected chi connectivity index (χ3v) is 11.9. The molecule has 7 fully saturated rings. The summed E-state index contributed by atoms with van der Waals surface area (Å²) in [5.74, 6) is 0. The van der Waals surface area contributed by atoms with Crippen LogP contribution in [0.25, 0.3) is 0 Å². The molecule has 29 heteroatoms. The first-order chi connectivity index (χ1) is 30.4. The van der Waals surface area contributed by atoms with Crippen molar-refractivity contribution in [3.05, 3.63) is 0 Å². The van der Waals surface area contributed by atoms with Crippen molar-refractivity contribution in [3.63, 3.8) is 0 Å². The molecule has 7 aliphatic heterocycles. The van der Waals surface area contributed by atoms with E-state index in [0.29, 0.717) is 0 Å². The van der Waals surface area contributed by atoms with Gasteiger partial charge in [-0.05, 0) is 0 Å². The highest BCUT2D eigenvalue weighted by Gasteiger charge is 2.52. The molecule has 0 spiro atoms. The topological polar surface area (TPSA) is 444 Å². The highest BCUT2D eigenvalue weighted by Crippen LogP contribution is 2.32. The summed E-state index contributed by atoms with van der Waals surface area (Å²) in [5.41, 5.74) is 0. The molecule has 0 amide bonds. The van der Waals surface area contributed by atoms with Gasteiger partial charge in [-0.2, -0.15) is 0 Å². The summed E-state index contributed by atoms with van der Waals surface area (Å²) in [5, 5.41) is 167. The SMILES string of the molecule is O[C@@H]1[C@@H](O[C@@H]2OC[C@H](O)[C@H](O)[C@H]2O)[C@H](O[C@@H]2CO[C@@H](O[C@@H]3CO[C@@H](O[C@@H]4CO[C@@H](O[C@@H]5CO[C@@H](O[C@@H]6CO[C@@H](O)[C@H](O)[C@H]6O)[C@H](O)[C@H]5O)[C@H](O)[C@H]4O)[C@H](O)[C@H]3O)[C@H](O)[C@H]2O)OC[C@H]1O. The molecule has 16 N–H and O–H groups in total. The highest BCUT2D eigenvalue weighted by molar-refractivity contribution is 4.94. The Bertz CT molecular complexity index is 1460. The minimum absolute atomic E-state index is 0.378. The normalized spacial score (nSPS) is 54.4. The second kappa shape index (κ2) is 21.6. The average molecular weight is 943 g/mol. The number of aliphatic hydroxyl groups excluding tert-OH is 16. The first-order valence-electron chi connectivity index (χ1n) is 20.5. The van der Waals surface area contributed by atoms with Crippen LogP contribution in [-0.4, -0.2) is 300 Å². The lowest BCUT2D eigenvalue weighted by Crippen LogP contribution is -2.63. The van der Waals surface area contributed by atoms with E-state index in [0.717, 1.165) is 0 Å². The molecule has 7 rings (SSSR count). The van der Waals surface area contributed by atoms with Gasteiger partial charge in [0.2, 0.25) is 0 Å². The molecule has 0 aromatic heterocycles. The van der Waals surface area contributed by atoms with Crippen molar-refractivity contribution in [1.29, 1.82) is 0 Å². The van der Waals surface area contributed by atoms with E-state index in [-0.39, 0.29) is 6.61 Å². The second-order valence-corrected chi connectivity index (χ2v) is 16.4. The number of rotatable bonds is 12. The van der Waals surface area contributed by atoms with Crippen molar-refractivity contribution in [2.75, 3.05) is 46.2 Å². The molecule has 0 bridgehead atoms. The van der Waals surface area contributed by atoms with Crippen LogP contribution in [0.4, 0.5) is 0 Å². The van der Waals surface area contributed by atoms with Crippen LogP contribution in [0.2, 0.25) is 0 Å². The van der Waals surface area contributed by atoms with Gasteiger partial charge in [0.1, 0.15) is 128 Å². The molecule has 7 heterocycles. The molecular weight excluding hydrogens is 884 g/mol. The molecular formula is C35H58O29. The van der Waals surface area contributed by atoms with Crippen molar-refractivity contribution in [1.82, 2.24) is 0 Å². The van der Waals surface area contributed by atoms with Crippen molar-refractivity contribution in [3.8, 4) is 0 Å². The Morgan fingerprint density at radius 3 is 0.891 bits per heavy atom. The van der Waals surface area contributed by atoms with Gasteiger partial charge < -0.3 is 143 Å². The molecule has 7 aliphatic rings. The summed E-state index contributed by atoms with van der Waals surface area (Å²) in [6.45, 7) is -3.26. The maximum Gasteiger partial charge on any atom is 0.187 e. The van der Waals surface area contributed by atoms with E-state index in [9.17, 15) is 81.7 Å². The van der Waals surface area contributed by atoms with Crippen LogP contribution in [0, 0.1) is 0 Å². The monoisotopic (exact) mass is 942 g/mol. The van der Waals surface area contributed by atoms with E-state index in [1.165, 1.54) is 0 Å². The zero-order chi connectivity index (χ0) is 46.3. The molecule has 64 heavy (non-hydrogen) atoms. The average Bonchev–Trinajstić information content (AvgIpc) is 3.27. The smallest absolute Gasteiger partial charge is 0.187 e.